The Morgan fingerprint density at radius 1 is 1.12 bits per heavy atom. The number of halogens is 1. The molecule has 3 heterocycles. The van der Waals surface area contributed by atoms with Gasteiger partial charge >= 0.3 is 0 Å². The number of aromatic nitrogens is 1. The van der Waals surface area contributed by atoms with E-state index in [1.165, 1.54) is 0 Å². The zero-order chi connectivity index (χ0) is 22.7. The fourth-order valence-corrected chi connectivity index (χ4v) is 5.68. The molecule has 0 spiro atoms. The molecule has 1 aliphatic carbocycles. The van der Waals surface area contributed by atoms with E-state index < -0.39 is 23.5 Å². The second-order valence-electron chi connectivity index (χ2n) is 8.73. The molecule has 0 radical (unpaired) electrons. The minimum atomic E-state index is -0.677. The van der Waals surface area contributed by atoms with E-state index in [-0.39, 0.29) is 17.4 Å². The maximum absolute atomic E-state index is 13.7. The number of carbonyl (C=O) groups excluding carboxylic acids is 2. The van der Waals surface area contributed by atoms with Crippen LogP contribution in [0.1, 0.15) is 47.8 Å². The third-order valence-electron chi connectivity index (χ3n) is 6.82. The van der Waals surface area contributed by atoms with Crippen molar-refractivity contribution in [3.05, 3.63) is 81.9 Å². The van der Waals surface area contributed by atoms with Crippen molar-refractivity contribution in [1.29, 1.82) is 0 Å². The number of hydrogen-bond donors (Lipinski definition) is 2. The number of benzene rings is 2. The number of furan rings is 1. The van der Waals surface area contributed by atoms with Crippen molar-refractivity contribution in [2.75, 3.05) is 0 Å². The highest BCUT2D eigenvalue weighted by Gasteiger charge is 2.48. The molecule has 0 saturated heterocycles. The molecule has 1 amide bonds. The summed E-state index contributed by atoms with van der Waals surface area (Å²) in [7, 11) is 0. The van der Waals surface area contributed by atoms with Gasteiger partial charge in [0.15, 0.2) is 11.5 Å². The monoisotopic (exact) mass is 504 g/mol. The number of nitrogens with zero attached hydrogens (tertiary/aromatic N) is 1. The molecule has 1 saturated carbocycles. The SMILES string of the molecule is O=C(C1=C(O)C(=O)N(C2CCCC2)C1c1c[nH]c2ccccc12)c1cc2cc(Br)ccc2o1. The number of aliphatic hydroxyl groups excluding tert-OH is 1. The number of carbonyl (C=O) groups is 2. The Balaban J connectivity index is 1.51. The lowest BCUT2D eigenvalue weighted by Crippen LogP contribution is -2.38. The second-order valence-corrected chi connectivity index (χ2v) is 9.64. The van der Waals surface area contributed by atoms with Crippen molar-refractivity contribution >= 4 is 49.5 Å². The van der Waals surface area contributed by atoms with Gasteiger partial charge in [-0.3, -0.25) is 9.59 Å². The molecule has 1 fully saturated rings. The number of H-pyrrole nitrogens is 1. The summed E-state index contributed by atoms with van der Waals surface area (Å²) < 4.78 is 6.71. The Labute approximate surface area is 198 Å². The minimum Gasteiger partial charge on any atom is -0.503 e. The number of ketones is 1. The van der Waals surface area contributed by atoms with E-state index in [0.717, 1.165) is 52.0 Å². The molecule has 2 aromatic carbocycles. The van der Waals surface area contributed by atoms with Gasteiger partial charge in [0.1, 0.15) is 5.58 Å². The zero-order valence-corrected chi connectivity index (χ0v) is 19.3. The maximum atomic E-state index is 13.7. The van der Waals surface area contributed by atoms with Gasteiger partial charge in [-0.2, -0.15) is 0 Å². The predicted octanol–water partition coefficient (Wildman–Crippen LogP) is 6.20. The number of para-hydroxylation sites is 1. The topological polar surface area (TPSA) is 86.5 Å². The zero-order valence-electron chi connectivity index (χ0n) is 17.7. The van der Waals surface area contributed by atoms with Crippen LogP contribution in [0.3, 0.4) is 0 Å². The van der Waals surface area contributed by atoms with Gasteiger partial charge in [-0.15, -0.1) is 0 Å². The van der Waals surface area contributed by atoms with E-state index in [9.17, 15) is 14.7 Å². The fraction of sp³-hybridized carbons (Fsp3) is 0.231. The molecule has 6 nitrogen and oxygen atoms in total. The molecule has 7 heteroatoms. The first-order valence-corrected chi connectivity index (χ1v) is 11.9. The number of Topliss-reactive ketones (excluding diaryl/α,β-unsaturated/α-hetero) is 1. The molecule has 1 aliphatic heterocycles. The standard InChI is InChI=1S/C26H21BrN2O4/c27-15-9-10-20-14(11-15)12-21(33-20)24(30)22-23(18-13-28-19-8-4-3-7-17(18)19)29(26(32)25(22)31)16-5-1-2-6-16/h3-4,7-13,16,23,28,31H,1-2,5-6H2. The smallest absolute Gasteiger partial charge is 0.290 e. The first-order valence-electron chi connectivity index (χ1n) is 11.1. The van der Waals surface area contributed by atoms with Gasteiger partial charge in [0, 0.05) is 38.6 Å². The highest BCUT2D eigenvalue weighted by atomic mass is 79.9. The van der Waals surface area contributed by atoms with Crippen molar-refractivity contribution < 1.29 is 19.1 Å². The normalized spacial score (nSPS) is 19.5. The molecule has 166 valence electrons. The molecule has 33 heavy (non-hydrogen) atoms. The van der Waals surface area contributed by atoms with E-state index in [4.69, 9.17) is 4.42 Å². The summed E-state index contributed by atoms with van der Waals surface area (Å²) in [5.41, 5.74) is 2.37. The Morgan fingerprint density at radius 3 is 2.73 bits per heavy atom. The number of rotatable bonds is 4. The van der Waals surface area contributed by atoms with Crippen molar-refractivity contribution in [3.8, 4) is 0 Å². The number of aliphatic hydroxyl groups is 1. The highest BCUT2D eigenvalue weighted by molar-refractivity contribution is 9.10. The van der Waals surface area contributed by atoms with Gasteiger partial charge in [0.2, 0.25) is 5.78 Å². The van der Waals surface area contributed by atoms with E-state index in [1.807, 2.05) is 42.6 Å². The Morgan fingerprint density at radius 2 is 1.91 bits per heavy atom. The summed E-state index contributed by atoms with van der Waals surface area (Å²) in [6.45, 7) is 0. The van der Waals surface area contributed by atoms with Crippen molar-refractivity contribution in [3.63, 3.8) is 0 Å². The van der Waals surface area contributed by atoms with Crippen LogP contribution in [0.4, 0.5) is 0 Å². The summed E-state index contributed by atoms with van der Waals surface area (Å²) >= 11 is 3.44. The molecular weight excluding hydrogens is 484 g/mol. The summed E-state index contributed by atoms with van der Waals surface area (Å²) in [5.74, 6) is -1.33. The van der Waals surface area contributed by atoms with Gasteiger partial charge in [0.05, 0.1) is 11.6 Å². The Hall–Kier alpha value is -3.32. The predicted molar refractivity (Wildman–Crippen MR) is 128 cm³/mol. The molecule has 4 aromatic rings. The number of hydrogen-bond acceptors (Lipinski definition) is 4. The third-order valence-corrected chi connectivity index (χ3v) is 7.32. The van der Waals surface area contributed by atoms with Crippen molar-refractivity contribution in [2.24, 2.45) is 0 Å². The molecule has 2 aromatic heterocycles. The van der Waals surface area contributed by atoms with E-state index >= 15 is 0 Å². The van der Waals surface area contributed by atoms with Crippen LogP contribution in [0.25, 0.3) is 21.9 Å². The largest absolute Gasteiger partial charge is 0.503 e. The van der Waals surface area contributed by atoms with E-state index in [0.29, 0.717) is 5.58 Å². The van der Waals surface area contributed by atoms with Gasteiger partial charge < -0.3 is 19.4 Å². The third kappa shape index (κ3) is 3.14. The van der Waals surface area contributed by atoms with Crippen LogP contribution in [-0.4, -0.2) is 32.7 Å². The molecule has 2 N–H and O–H groups in total. The fourth-order valence-electron chi connectivity index (χ4n) is 5.30. The van der Waals surface area contributed by atoms with Gasteiger partial charge in [-0.1, -0.05) is 47.0 Å². The van der Waals surface area contributed by atoms with Crippen molar-refractivity contribution in [1.82, 2.24) is 9.88 Å². The molecule has 6 rings (SSSR count). The number of amides is 1. The molecule has 1 unspecified atom stereocenters. The van der Waals surface area contributed by atoms with Crippen LogP contribution < -0.4 is 0 Å². The van der Waals surface area contributed by atoms with E-state index in [1.54, 1.807) is 17.0 Å². The second kappa shape index (κ2) is 7.63. The first kappa shape index (κ1) is 20.3. The summed E-state index contributed by atoms with van der Waals surface area (Å²) in [4.78, 5) is 32.0. The number of aromatic amines is 1. The maximum Gasteiger partial charge on any atom is 0.290 e. The molecule has 2 aliphatic rings. The van der Waals surface area contributed by atoms with Gasteiger partial charge in [-0.05, 0) is 43.2 Å². The van der Waals surface area contributed by atoms with Crippen LogP contribution in [0.2, 0.25) is 0 Å². The molecule has 1 atom stereocenters. The number of fused-ring (bicyclic) bond motifs is 2. The minimum absolute atomic E-state index is 0.0183. The molecule has 0 bridgehead atoms. The Kier molecular flexibility index (Phi) is 4.69. The summed E-state index contributed by atoms with van der Waals surface area (Å²) in [6, 6.07) is 14.2. The van der Waals surface area contributed by atoms with E-state index in [2.05, 4.69) is 20.9 Å². The summed E-state index contributed by atoms with van der Waals surface area (Å²) in [6.07, 6.45) is 5.61. The van der Waals surface area contributed by atoms with Gasteiger partial charge in [0.25, 0.3) is 5.91 Å². The van der Waals surface area contributed by atoms with Crippen LogP contribution in [0, 0.1) is 0 Å². The van der Waals surface area contributed by atoms with Crippen LogP contribution in [0.15, 0.2) is 74.9 Å². The Bertz CT molecular complexity index is 1460. The number of nitrogens with one attached hydrogen (secondary N) is 1. The average Bonchev–Trinajstić information content (AvgIpc) is 3.59. The van der Waals surface area contributed by atoms with Gasteiger partial charge in [-0.25, -0.2) is 0 Å². The lowest BCUT2D eigenvalue weighted by Gasteiger charge is -2.31. The lowest BCUT2D eigenvalue weighted by molar-refractivity contribution is -0.131. The first-order chi connectivity index (χ1) is 16.0. The average molecular weight is 505 g/mol. The van der Waals surface area contributed by atoms with Crippen LogP contribution in [0.5, 0.6) is 0 Å². The highest BCUT2D eigenvalue weighted by Crippen LogP contribution is 2.45. The molecular formula is C26H21BrN2O4. The quantitative estimate of drug-likeness (QED) is 0.324. The van der Waals surface area contributed by atoms with Crippen LogP contribution >= 0.6 is 15.9 Å². The lowest BCUT2D eigenvalue weighted by atomic mass is 9.93. The van der Waals surface area contributed by atoms with Crippen LogP contribution in [-0.2, 0) is 4.79 Å². The van der Waals surface area contributed by atoms with Crippen molar-refractivity contribution in [2.45, 2.75) is 37.8 Å². The summed E-state index contributed by atoms with van der Waals surface area (Å²) in [5, 5.41) is 12.7.